The summed E-state index contributed by atoms with van der Waals surface area (Å²) in [6.07, 6.45) is 2.00. The molecule has 0 unspecified atom stereocenters. The van der Waals surface area contributed by atoms with Gasteiger partial charge in [0.2, 0.25) is 5.91 Å². The molecule has 0 saturated heterocycles. The standard InChI is InChI=1S/C22H28N2O3/c1-5-6-14-27-19-13-8-7-12-18(19)24-20(25)16-10-9-11-17(15-16)23-21(26)22(2,3)4/h7-13,15H,5-6,14H2,1-4H3,(H,23,26)(H,24,25). The second-order valence-corrected chi connectivity index (χ2v) is 7.44. The maximum Gasteiger partial charge on any atom is 0.255 e. The molecule has 2 N–H and O–H groups in total. The third kappa shape index (κ3) is 6.13. The highest BCUT2D eigenvalue weighted by molar-refractivity contribution is 6.06. The van der Waals surface area contributed by atoms with Gasteiger partial charge in [0.05, 0.1) is 12.3 Å². The Balaban J connectivity index is 2.11. The molecular weight excluding hydrogens is 340 g/mol. The molecule has 5 heteroatoms. The summed E-state index contributed by atoms with van der Waals surface area (Å²) in [6.45, 7) is 8.23. The van der Waals surface area contributed by atoms with Crippen LogP contribution in [0.3, 0.4) is 0 Å². The summed E-state index contributed by atoms with van der Waals surface area (Å²) >= 11 is 0. The van der Waals surface area contributed by atoms with Crippen LogP contribution in [0.2, 0.25) is 0 Å². The molecule has 2 aromatic rings. The van der Waals surface area contributed by atoms with E-state index in [0.29, 0.717) is 29.3 Å². The molecule has 0 aliphatic rings. The zero-order chi connectivity index (χ0) is 19.9. The van der Waals surface area contributed by atoms with Gasteiger partial charge in [0.15, 0.2) is 0 Å². The Kier molecular flexibility index (Phi) is 6.99. The van der Waals surface area contributed by atoms with Crippen LogP contribution in [-0.4, -0.2) is 18.4 Å². The highest BCUT2D eigenvalue weighted by Crippen LogP contribution is 2.25. The number of ether oxygens (including phenoxy) is 1. The molecule has 0 spiro atoms. The number of amides is 2. The summed E-state index contributed by atoms with van der Waals surface area (Å²) in [7, 11) is 0. The first kappa shape index (κ1) is 20.5. The topological polar surface area (TPSA) is 67.4 Å². The van der Waals surface area contributed by atoms with Crippen LogP contribution in [-0.2, 0) is 4.79 Å². The lowest BCUT2D eigenvalue weighted by molar-refractivity contribution is -0.123. The molecule has 0 saturated carbocycles. The minimum absolute atomic E-state index is 0.102. The maximum absolute atomic E-state index is 12.7. The van der Waals surface area contributed by atoms with Gasteiger partial charge in [-0.2, -0.15) is 0 Å². The Morgan fingerprint density at radius 2 is 1.74 bits per heavy atom. The Bertz CT molecular complexity index is 794. The molecule has 2 aromatic carbocycles. The van der Waals surface area contributed by atoms with E-state index in [1.54, 1.807) is 24.3 Å². The van der Waals surface area contributed by atoms with Crippen LogP contribution >= 0.6 is 0 Å². The first-order valence-electron chi connectivity index (χ1n) is 9.26. The molecule has 0 aromatic heterocycles. The van der Waals surface area contributed by atoms with E-state index in [9.17, 15) is 9.59 Å². The highest BCUT2D eigenvalue weighted by Gasteiger charge is 2.21. The zero-order valence-electron chi connectivity index (χ0n) is 16.5. The normalized spacial score (nSPS) is 11.0. The van der Waals surface area contributed by atoms with Gasteiger partial charge >= 0.3 is 0 Å². The van der Waals surface area contributed by atoms with E-state index in [-0.39, 0.29) is 11.8 Å². The Labute approximate surface area is 161 Å². The molecule has 0 aliphatic carbocycles. The number of para-hydroxylation sites is 2. The number of carbonyl (C=O) groups is 2. The van der Waals surface area contributed by atoms with Gasteiger partial charge in [-0.15, -0.1) is 0 Å². The summed E-state index contributed by atoms with van der Waals surface area (Å²) in [4.78, 5) is 24.8. The van der Waals surface area contributed by atoms with E-state index < -0.39 is 5.41 Å². The summed E-state index contributed by atoms with van der Waals surface area (Å²) in [6, 6.07) is 14.3. The lowest BCUT2D eigenvalue weighted by Gasteiger charge is -2.18. The maximum atomic E-state index is 12.7. The molecule has 0 heterocycles. The average Bonchev–Trinajstić information content (AvgIpc) is 2.62. The number of hydrogen-bond acceptors (Lipinski definition) is 3. The van der Waals surface area contributed by atoms with Crippen LogP contribution in [0.25, 0.3) is 0 Å². The van der Waals surface area contributed by atoms with Crippen molar-refractivity contribution in [2.75, 3.05) is 17.2 Å². The van der Waals surface area contributed by atoms with Crippen LogP contribution in [0.1, 0.15) is 50.9 Å². The molecule has 2 rings (SSSR count). The van der Waals surface area contributed by atoms with E-state index in [0.717, 1.165) is 12.8 Å². The molecule has 0 fully saturated rings. The van der Waals surface area contributed by atoms with Gasteiger partial charge in [-0.1, -0.05) is 52.3 Å². The number of unbranched alkanes of at least 4 members (excludes halogenated alkanes) is 1. The van der Waals surface area contributed by atoms with Gasteiger partial charge in [0, 0.05) is 16.7 Å². The molecule has 0 atom stereocenters. The quantitative estimate of drug-likeness (QED) is 0.668. The average molecular weight is 368 g/mol. The lowest BCUT2D eigenvalue weighted by Crippen LogP contribution is -2.27. The van der Waals surface area contributed by atoms with Crippen LogP contribution in [0.5, 0.6) is 5.75 Å². The smallest absolute Gasteiger partial charge is 0.255 e. The molecular formula is C22H28N2O3. The number of benzene rings is 2. The van der Waals surface area contributed by atoms with Crippen molar-refractivity contribution in [2.24, 2.45) is 5.41 Å². The molecule has 0 aliphatic heterocycles. The Morgan fingerprint density at radius 1 is 1.00 bits per heavy atom. The van der Waals surface area contributed by atoms with E-state index in [4.69, 9.17) is 4.74 Å². The fraction of sp³-hybridized carbons (Fsp3) is 0.364. The number of hydrogen-bond donors (Lipinski definition) is 2. The predicted molar refractivity (Wildman–Crippen MR) is 109 cm³/mol. The largest absolute Gasteiger partial charge is 0.491 e. The van der Waals surface area contributed by atoms with Gasteiger partial charge < -0.3 is 15.4 Å². The first-order valence-corrected chi connectivity index (χ1v) is 9.26. The van der Waals surface area contributed by atoms with Crippen molar-refractivity contribution in [1.29, 1.82) is 0 Å². The fourth-order valence-electron chi connectivity index (χ4n) is 2.27. The predicted octanol–water partition coefficient (Wildman–Crippen LogP) is 5.10. The number of nitrogens with one attached hydrogen (secondary N) is 2. The minimum atomic E-state index is -0.507. The molecule has 27 heavy (non-hydrogen) atoms. The first-order chi connectivity index (χ1) is 12.8. The van der Waals surface area contributed by atoms with Crippen molar-refractivity contribution in [3.8, 4) is 5.75 Å². The Morgan fingerprint density at radius 3 is 2.44 bits per heavy atom. The minimum Gasteiger partial charge on any atom is -0.491 e. The van der Waals surface area contributed by atoms with Crippen molar-refractivity contribution in [3.63, 3.8) is 0 Å². The van der Waals surface area contributed by atoms with Crippen LogP contribution in [0.4, 0.5) is 11.4 Å². The van der Waals surface area contributed by atoms with Gasteiger partial charge in [-0.3, -0.25) is 9.59 Å². The summed E-state index contributed by atoms with van der Waals surface area (Å²) in [5, 5.41) is 5.73. The van der Waals surface area contributed by atoms with Gasteiger partial charge in [0.25, 0.3) is 5.91 Å². The summed E-state index contributed by atoms with van der Waals surface area (Å²) < 4.78 is 5.76. The molecule has 144 valence electrons. The van der Waals surface area contributed by atoms with Crippen molar-refractivity contribution >= 4 is 23.2 Å². The van der Waals surface area contributed by atoms with Crippen LogP contribution < -0.4 is 15.4 Å². The van der Waals surface area contributed by atoms with Gasteiger partial charge in [0.1, 0.15) is 5.75 Å². The number of carbonyl (C=O) groups excluding carboxylic acids is 2. The lowest BCUT2D eigenvalue weighted by atomic mass is 9.95. The number of anilines is 2. The zero-order valence-corrected chi connectivity index (χ0v) is 16.5. The van der Waals surface area contributed by atoms with Gasteiger partial charge in [-0.25, -0.2) is 0 Å². The van der Waals surface area contributed by atoms with E-state index in [1.807, 2.05) is 45.0 Å². The highest BCUT2D eigenvalue weighted by atomic mass is 16.5. The second-order valence-electron chi connectivity index (χ2n) is 7.44. The van der Waals surface area contributed by atoms with Crippen molar-refractivity contribution < 1.29 is 14.3 Å². The van der Waals surface area contributed by atoms with Crippen LogP contribution in [0, 0.1) is 5.41 Å². The molecule has 2 amide bonds. The third-order valence-electron chi connectivity index (χ3n) is 3.95. The van der Waals surface area contributed by atoms with Gasteiger partial charge in [-0.05, 0) is 36.8 Å². The summed E-state index contributed by atoms with van der Waals surface area (Å²) in [5.74, 6) is 0.291. The fourth-order valence-corrected chi connectivity index (χ4v) is 2.27. The Hall–Kier alpha value is -2.82. The van der Waals surface area contributed by atoms with Crippen molar-refractivity contribution in [2.45, 2.75) is 40.5 Å². The number of rotatable bonds is 7. The van der Waals surface area contributed by atoms with Crippen LogP contribution in [0.15, 0.2) is 48.5 Å². The molecule has 0 bridgehead atoms. The molecule has 0 radical (unpaired) electrons. The SMILES string of the molecule is CCCCOc1ccccc1NC(=O)c1cccc(NC(=O)C(C)(C)C)c1. The van der Waals surface area contributed by atoms with E-state index in [1.165, 1.54) is 0 Å². The second kappa shape index (κ2) is 9.21. The van der Waals surface area contributed by atoms with Crippen molar-refractivity contribution in [1.82, 2.24) is 0 Å². The van der Waals surface area contributed by atoms with E-state index in [2.05, 4.69) is 17.6 Å². The monoisotopic (exact) mass is 368 g/mol. The van der Waals surface area contributed by atoms with Crippen molar-refractivity contribution in [3.05, 3.63) is 54.1 Å². The van der Waals surface area contributed by atoms with E-state index >= 15 is 0 Å². The summed E-state index contributed by atoms with van der Waals surface area (Å²) in [5.41, 5.74) is 1.18. The third-order valence-corrected chi connectivity index (χ3v) is 3.95. The molecule has 5 nitrogen and oxygen atoms in total.